The fourth-order valence-electron chi connectivity index (χ4n) is 2.01. The van der Waals surface area contributed by atoms with Crippen molar-refractivity contribution in [2.24, 2.45) is 0 Å². The number of hydrogen-bond acceptors (Lipinski definition) is 6. The number of hydrogen-bond donors (Lipinski definition) is 2. The molecule has 3 aromatic rings. The number of benzene rings is 2. The monoisotopic (exact) mass is 314 g/mol. The lowest BCUT2D eigenvalue weighted by molar-refractivity contribution is 0.340. The van der Waals surface area contributed by atoms with Crippen molar-refractivity contribution in [3.63, 3.8) is 0 Å². The Morgan fingerprint density at radius 3 is 2.41 bits per heavy atom. The summed E-state index contributed by atoms with van der Waals surface area (Å²) in [5, 5.41) is 28.8. The molecule has 0 aliphatic rings. The zero-order chi connectivity index (χ0) is 15.5. The van der Waals surface area contributed by atoms with Gasteiger partial charge in [-0.15, -0.1) is 10.2 Å². The number of aromatic hydroxyl groups is 2. The Bertz CT molecular complexity index is 784. The third-order valence-corrected chi connectivity index (χ3v) is 4.05. The molecule has 0 aliphatic carbocycles. The first-order valence-corrected chi connectivity index (χ1v) is 7.58. The Kier molecular flexibility index (Phi) is 3.93. The van der Waals surface area contributed by atoms with Gasteiger partial charge in [0.1, 0.15) is 22.3 Å². The van der Waals surface area contributed by atoms with Crippen LogP contribution in [0.2, 0.25) is 0 Å². The van der Waals surface area contributed by atoms with Crippen molar-refractivity contribution in [3.8, 4) is 38.4 Å². The third kappa shape index (κ3) is 2.87. The second-order valence-electron chi connectivity index (χ2n) is 4.57. The molecule has 0 saturated carbocycles. The highest BCUT2D eigenvalue weighted by molar-refractivity contribution is 7.18. The second-order valence-corrected chi connectivity index (χ2v) is 5.55. The molecule has 5 nitrogen and oxygen atoms in total. The molecule has 112 valence electrons. The van der Waals surface area contributed by atoms with E-state index in [0.29, 0.717) is 17.2 Å². The molecule has 0 radical (unpaired) electrons. The van der Waals surface area contributed by atoms with Crippen molar-refractivity contribution < 1.29 is 14.9 Å². The van der Waals surface area contributed by atoms with Crippen LogP contribution in [0.25, 0.3) is 21.1 Å². The van der Waals surface area contributed by atoms with Crippen LogP contribution in [0.15, 0.2) is 42.5 Å². The van der Waals surface area contributed by atoms with Gasteiger partial charge in [-0.3, -0.25) is 0 Å². The molecule has 2 N–H and O–H groups in total. The predicted octanol–water partition coefficient (Wildman–Crippen LogP) is 3.68. The first kappa shape index (κ1) is 14.3. The molecule has 0 aliphatic heterocycles. The highest BCUT2D eigenvalue weighted by Gasteiger charge is 2.12. The van der Waals surface area contributed by atoms with Crippen LogP contribution in [0.1, 0.15) is 6.92 Å². The molecule has 2 aromatic carbocycles. The standard InChI is InChI=1S/C16H14N2O3S/c1-2-21-12-6-3-10(4-7-12)15-17-18-16(22-15)13-8-5-11(19)9-14(13)20/h3-9,19-20H,2H2,1H3. The van der Waals surface area contributed by atoms with Crippen LogP contribution < -0.4 is 4.74 Å². The van der Waals surface area contributed by atoms with Gasteiger partial charge in [0.25, 0.3) is 0 Å². The fraction of sp³-hybridized carbons (Fsp3) is 0.125. The number of rotatable bonds is 4. The van der Waals surface area contributed by atoms with E-state index < -0.39 is 0 Å². The number of phenolic OH excluding ortho intramolecular Hbond substituents is 2. The summed E-state index contributed by atoms with van der Waals surface area (Å²) in [4.78, 5) is 0. The Labute approximate surface area is 131 Å². The summed E-state index contributed by atoms with van der Waals surface area (Å²) in [6.07, 6.45) is 0. The van der Waals surface area contributed by atoms with Crippen LogP contribution in [-0.4, -0.2) is 27.0 Å². The molecule has 0 unspecified atom stereocenters. The zero-order valence-corrected chi connectivity index (χ0v) is 12.7. The molecule has 22 heavy (non-hydrogen) atoms. The largest absolute Gasteiger partial charge is 0.508 e. The van der Waals surface area contributed by atoms with Crippen molar-refractivity contribution in [1.29, 1.82) is 0 Å². The quantitative estimate of drug-likeness (QED) is 0.768. The number of ether oxygens (including phenoxy) is 1. The van der Waals surface area contributed by atoms with Gasteiger partial charge in [-0.05, 0) is 43.3 Å². The van der Waals surface area contributed by atoms with Crippen molar-refractivity contribution in [2.45, 2.75) is 6.92 Å². The van der Waals surface area contributed by atoms with Gasteiger partial charge in [0, 0.05) is 11.6 Å². The van der Waals surface area contributed by atoms with E-state index in [9.17, 15) is 10.2 Å². The van der Waals surface area contributed by atoms with Crippen LogP contribution in [0, 0.1) is 0 Å². The van der Waals surface area contributed by atoms with Gasteiger partial charge >= 0.3 is 0 Å². The Morgan fingerprint density at radius 2 is 1.73 bits per heavy atom. The maximum Gasteiger partial charge on any atom is 0.151 e. The predicted molar refractivity (Wildman–Crippen MR) is 85.3 cm³/mol. The van der Waals surface area contributed by atoms with Gasteiger partial charge in [0.15, 0.2) is 5.01 Å². The molecule has 0 fully saturated rings. The van der Waals surface area contributed by atoms with E-state index in [1.165, 1.54) is 23.5 Å². The van der Waals surface area contributed by atoms with Crippen molar-refractivity contribution in [1.82, 2.24) is 10.2 Å². The minimum Gasteiger partial charge on any atom is -0.508 e. The molecular weight excluding hydrogens is 300 g/mol. The lowest BCUT2D eigenvalue weighted by atomic mass is 10.2. The normalized spacial score (nSPS) is 10.6. The summed E-state index contributed by atoms with van der Waals surface area (Å²) in [5.74, 6) is 0.805. The average Bonchev–Trinajstić information content (AvgIpc) is 2.98. The molecule has 0 atom stereocenters. The van der Waals surface area contributed by atoms with E-state index in [1.807, 2.05) is 31.2 Å². The lowest BCUT2D eigenvalue weighted by Gasteiger charge is -2.02. The Balaban J connectivity index is 1.90. The van der Waals surface area contributed by atoms with Gasteiger partial charge in [-0.2, -0.15) is 0 Å². The van der Waals surface area contributed by atoms with Crippen LogP contribution in [0.4, 0.5) is 0 Å². The highest BCUT2D eigenvalue weighted by atomic mass is 32.1. The molecule has 0 bridgehead atoms. The van der Waals surface area contributed by atoms with Gasteiger partial charge in [-0.25, -0.2) is 0 Å². The van der Waals surface area contributed by atoms with Crippen LogP contribution in [-0.2, 0) is 0 Å². The minimum absolute atomic E-state index is 0.0116. The minimum atomic E-state index is -0.0191. The van der Waals surface area contributed by atoms with Gasteiger partial charge in [0.2, 0.25) is 0 Å². The van der Waals surface area contributed by atoms with E-state index >= 15 is 0 Å². The summed E-state index contributed by atoms with van der Waals surface area (Å²) in [6.45, 7) is 2.57. The van der Waals surface area contributed by atoms with Crippen molar-refractivity contribution in [3.05, 3.63) is 42.5 Å². The number of nitrogens with zero attached hydrogens (tertiary/aromatic N) is 2. The molecule has 1 heterocycles. The van der Waals surface area contributed by atoms with Crippen LogP contribution in [0.3, 0.4) is 0 Å². The smallest absolute Gasteiger partial charge is 0.151 e. The van der Waals surface area contributed by atoms with Gasteiger partial charge < -0.3 is 14.9 Å². The van der Waals surface area contributed by atoms with E-state index in [0.717, 1.165) is 16.3 Å². The number of aromatic nitrogens is 2. The molecule has 0 spiro atoms. The molecule has 3 rings (SSSR count). The first-order valence-electron chi connectivity index (χ1n) is 6.76. The van der Waals surface area contributed by atoms with Crippen molar-refractivity contribution >= 4 is 11.3 Å². The zero-order valence-electron chi connectivity index (χ0n) is 11.9. The Hall–Kier alpha value is -2.60. The SMILES string of the molecule is CCOc1ccc(-c2nnc(-c3ccc(O)cc3O)s2)cc1. The summed E-state index contributed by atoms with van der Waals surface area (Å²) in [6, 6.07) is 12.0. The maximum atomic E-state index is 9.88. The first-order chi connectivity index (χ1) is 10.7. The molecule has 1 aromatic heterocycles. The molecule has 6 heteroatoms. The topological polar surface area (TPSA) is 75.5 Å². The number of phenols is 2. The third-order valence-electron chi connectivity index (χ3n) is 3.05. The van der Waals surface area contributed by atoms with Gasteiger partial charge in [0.05, 0.1) is 12.2 Å². The van der Waals surface area contributed by atoms with E-state index in [1.54, 1.807) is 6.07 Å². The highest BCUT2D eigenvalue weighted by Crippen LogP contribution is 2.36. The fourth-order valence-corrected chi connectivity index (χ4v) is 2.89. The molecular formula is C16H14N2O3S. The summed E-state index contributed by atoms with van der Waals surface area (Å²) >= 11 is 1.37. The molecule has 0 amide bonds. The van der Waals surface area contributed by atoms with E-state index in [-0.39, 0.29) is 11.5 Å². The van der Waals surface area contributed by atoms with Crippen LogP contribution >= 0.6 is 11.3 Å². The summed E-state index contributed by atoms with van der Waals surface area (Å²) in [7, 11) is 0. The summed E-state index contributed by atoms with van der Waals surface area (Å²) in [5.41, 5.74) is 1.48. The van der Waals surface area contributed by atoms with Gasteiger partial charge in [-0.1, -0.05) is 11.3 Å². The maximum absolute atomic E-state index is 9.88. The van der Waals surface area contributed by atoms with E-state index in [2.05, 4.69) is 10.2 Å². The lowest BCUT2D eigenvalue weighted by Crippen LogP contribution is -1.90. The average molecular weight is 314 g/mol. The Morgan fingerprint density at radius 1 is 1.00 bits per heavy atom. The van der Waals surface area contributed by atoms with Crippen LogP contribution in [0.5, 0.6) is 17.2 Å². The summed E-state index contributed by atoms with van der Waals surface area (Å²) < 4.78 is 5.41. The van der Waals surface area contributed by atoms with Crippen molar-refractivity contribution in [2.75, 3.05) is 6.61 Å². The second kappa shape index (κ2) is 6.03. The van der Waals surface area contributed by atoms with E-state index in [4.69, 9.17) is 4.74 Å². The molecule has 0 saturated heterocycles.